The average Bonchev–Trinajstić information content (AvgIpc) is 2.43. The molecule has 0 aliphatic carbocycles. The van der Waals surface area contributed by atoms with Crippen LogP contribution < -0.4 is 5.73 Å². The van der Waals surface area contributed by atoms with Crippen LogP contribution in [-0.4, -0.2) is 16.7 Å². The van der Waals surface area contributed by atoms with Crippen molar-refractivity contribution >= 4 is 11.8 Å². The Labute approximate surface area is 134 Å². The molecule has 0 bridgehead atoms. The lowest BCUT2D eigenvalue weighted by molar-refractivity contribution is -0.145. The fourth-order valence-electron chi connectivity index (χ4n) is 2.20. The van der Waals surface area contributed by atoms with Crippen LogP contribution in [0.3, 0.4) is 0 Å². The summed E-state index contributed by atoms with van der Waals surface area (Å²) >= 11 is 0. The summed E-state index contributed by atoms with van der Waals surface area (Å²) in [6, 6.07) is 5.16. The van der Waals surface area contributed by atoms with Crippen molar-refractivity contribution in [2.45, 2.75) is 13.1 Å². The Hall–Kier alpha value is -2.90. The third-order valence-corrected chi connectivity index (χ3v) is 3.09. The number of amides is 2. The molecule has 0 aromatic heterocycles. The predicted molar refractivity (Wildman–Crippen MR) is 76.2 cm³/mol. The highest BCUT2D eigenvalue weighted by Crippen LogP contribution is 2.15. The maximum absolute atomic E-state index is 13.2. The van der Waals surface area contributed by atoms with E-state index >= 15 is 0 Å². The first kappa shape index (κ1) is 17.5. The van der Waals surface area contributed by atoms with Gasteiger partial charge in [0.2, 0.25) is 0 Å². The van der Waals surface area contributed by atoms with Crippen molar-refractivity contribution in [2.75, 3.05) is 0 Å². The molecule has 0 fully saturated rings. The first-order valence-electron chi connectivity index (χ1n) is 6.73. The van der Waals surface area contributed by atoms with Gasteiger partial charge < -0.3 is 10.6 Å². The van der Waals surface area contributed by atoms with Crippen LogP contribution in [0.2, 0.25) is 0 Å². The van der Waals surface area contributed by atoms with Gasteiger partial charge in [-0.15, -0.1) is 0 Å². The van der Waals surface area contributed by atoms with Crippen LogP contribution in [0, 0.1) is 23.3 Å². The summed E-state index contributed by atoms with van der Waals surface area (Å²) in [5, 5.41) is 0. The molecule has 0 aliphatic heterocycles. The predicted octanol–water partition coefficient (Wildman–Crippen LogP) is 2.26. The largest absolute Gasteiger partial charge is 0.361 e. The lowest BCUT2D eigenvalue weighted by atomic mass is 10.1. The standard InChI is InChI=1S/C16H12F4N2O2/c17-11-1-9(2-12(18)5-11)7-22(16(24)15(21)23)8-10-3-13(19)6-14(20)4-10/h1-6H,7-8H2,(H2,21,23). The molecular formula is C16H12F4N2O2. The zero-order valence-electron chi connectivity index (χ0n) is 12.2. The third-order valence-electron chi connectivity index (χ3n) is 3.09. The molecular weight excluding hydrogens is 328 g/mol. The van der Waals surface area contributed by atoms with Gasteiger partial charge in [-0.05, 0) is 35.4 Å². The van der Waals surface area contributed by atoms with Crippen LogP contribution in [0.15, 0.2) is 36.4 Å². The highest BCUT2D eigenvalue weighted by Gasteiger charge is 2.21. The Balaban J connectivity index is 2.30. The summed E-state index contributed by atoms with van der Waals surface area (Å²) in [4.78, 5) is 23.8. The molecule has 2 aromatic carbocycles. The Bertz CT molecular complexity index is 702. The number of nitrogens with two attached hydrogens (primary N) is 1. The van der Waals surface area contributed by atoms with E-state index in [0.29, 0.717) is 12.1 Å². The average molecular weight is 340 g/mol. The van der Waals surface area contributed by atoms with Gasteiger partial charge in [-0.3, -0.25) is 9.59 Å². The van der Waals surface area contributed by atoms with E-state index in [4.69, 9.17) is 5.73 Å². The van der Waals surface area contributed by atoms with E-state index in [1.807, 2.05) is 0 Å². The fourth-order valence-corrected chi connectivity index (χ4v) is 2.20. The molecule has 8 heteroatoms. The minimum absolute atomic E-state index is 0.0546. The van der Waals surface area contributed by atoms with Crippen molar-refractivity contribution in [3.63, 3.8) is 0 Å². The zero-order chi connectivity index (χ0) is 17.9. The smallest absolute Gasteiger partial charge is 0.312 e. The number of hydrogen-bond acceptors (Lipinski definition) is 2. The lowest BCUT2D eigenvalue weighted by Gasteiger charge is -2.21. The van der Waals surface area contributed by atoms with Crippen molar-refractivity contribution < 1.29 is 27.2 Å². The molecule has 0 heterocycles. The van der Waals surface area contributed by atoms with Gasteiger partial charge in [-0.25, -0.2) is 17.6 Å². The monoisotopic (exact) mass is 340 g/mol. The molecule has 2 rings (SSSR count). The molecule has 24 heavy (non-hydrogen) atoms. The lowest BCUT2D eigenvalue weighted by Crippen LogP contribution is -2.39. The summed E-state index contributed by atoms with van der Waals surface area (Å²) in [7, 11) is 0. The van der Waals surface area contributed by atoms with Crippen molar-refractivity contribution in [3.8, 4) is 0 Å². The molecule has 2 aromatic rings. The molecule has 0 radical (unpaired) electrons. The Kier molecular flexibility index (Phi) is 5.18. The molecule has 2 amide bonds. The highest BCUT2D eigenvalue weighted by molar-refractivity contribution is 6.34. The van der Waals surface area contributed by atoms with Gasteiger partial charge in [0, 0.05) is 25.2 Å². The van der Waals surface area contributed by atoms with Crippen molar-refractivity contribution in [2.24, 2.45) is 5.73 Å². The first-order valence-corrected chi connectivity index (χ1v) is 6.73. The van der Waals surface area contributed by atoms with Crippen LogP contribution in [0.25, 0.3) is 0 Å². The second-order valence-corrected chi connectivity index (χ2v) is 5.08. The first-order chi connectivity index (χ1) is 11.2. The van der Waals surface area contributed by atoms with Gasteiger partial charge in [0.15, 0.2) is 0 Å². The quantitative estimate of drug-likeness (QED) is 0.685. The van der Waals surface area contributed by atoms with Gasteiger partial charge in [-0.1, -0.05) is 0 Å². The van der Waals surface area contributed by atoms with E-state index in [2.05, 4.69) is 0 Å². The Morgan fingerprint density at radius 3 is 1.38 bits per heavy atom. The molecule has 0 atom stereocenters. The number of carbonyl (C=O) groups is 2. The maximum Gasteiger partial charge on any atom is 0.312 e. The number of rotatable bonds is 4. The van der Waals surface area contributed by atoms with Crippen molar-refractivity contribution in [1.82, 2.24) is 4.90 Å². The molecule has 0 saturated heterocycles. The molecule has 126 valence electrons. The van der Waals surface area contributed by atoms with Crippen LogP contribution in [-0.2, 0) is 22.7 Å². The normalized spacial score (nSPS) is 10.5. The van der Waals surface area contributed by atoms with Crippen LogP contribution in [0.5, 0.6) is 0 Å². The number of nitrogens with zero attached hydrogens (tertiary/aromatic N) is 1. The minimum atomic E-state index is -1.30. The number of benzene rings is 2. The summed E-state index contributed by atoms with van der Waals surface area (Å²) in [5.74, 6) is -5.92. The molecule has 0 saturated carbocycles. The van der Waals surface area contributed by atoms with E-state index in [1.165, 1.54) is 0 Å². The zero-order valence-corrected chi connectivity index (χ0v) is 12.2. The molecule has 0 spiro atoms. The van der Waals surface area contributed by atoms with E-state index in [9.17, 15) is 27.2 Å². The summed E-state index contributed by atoms with van der Waals surface area (Å²) in [5.41, 5.74) is 5.05. The summed E-state index contributed by atoms with van der Waals surface area (Å²) in [6.45, 7) is -0.733. The van der Waals surface area contributed by atoms with Crippen LogP contribution in [0.4, 0.5) is 17.6 Å². The molecule has 4 nitrogen and oxygen atoms in total. The van der Waals surface area contributed by atoms with Gasteiger partial charge in [0.05, 0.1) is 0 Å². The van der Waals surface area contributed by atoms with E-state index in [0.717, 1.165) is 29.2 Å². The second kappa shape index (κ2) is 7.12. The van der Waals surface area contributed by atoms with Gasteiger partial charge >= 0.3 is 11.8 Å². The van der Waals surface area contributed by atoms with Crippen LogP contribution in [0.1, 0.15) is 11.1 Å². The number of primary amides is 1. The van der Waals surface area contributed by atoms with Crippen molar-refractivity contribution in [1.29, 1.82) is 0 Å². The van der Waals surface area contributed by atoms with E-state index in [1.54, 1.807) is 0 Å². The van der Waals surface area contributed by atoms with Gasteiger partial charge in [0.1, 0.15) is 23.3 Å². The Morgan fingerprint density at radius 2 is 1.08 bits per heavy atom. The Morgan fingerprint density at radius 1 is 0.750 bits per heavy atom. The minimum Gasteiger partial charge on any atom is -0.361 e. The number of carbonyl (C=O) groups excluding carboxylic acids is 2. The van der Waals surface area contributed by atoms with Crippen LogP contribution >= 0.6 is 0 Å². The summed E-state index contributed by atoms with van der Waals surface area (Å²) < 4.78 is 52.9. The van der Waals surface area contributed by atoms with Gasteiger partial charge in [0.25, 0.3) is 0 Å². The van der Waals surface area contributed by atoms with Gasteiger partial charge in [-0.2, -0.15) is 0 Å². The third kappa shape index (κ3) is 4.55. The van der Waals surface area contributed by atoms with Crippen molar-refractivity contribution in [3.05, 3.63) is 70.8 Å². The molecule has 0 aliphatic rings. The number of halogens is 4. The fraction of sp³-hybridized carbons (Fsp3) is 0.125. The topological polar surface area (TPSA) is 63.4 Å². The highest BCUT2D eigenvalue weighted by atomic mass is 19.1. The second-order valence-electron chi connectivity index (χ2n) is 5.08. The van der Waals surface area contributed by atoms with E-state index in [-0.39, 0.29) is 24.2 Å². The molecule has 2 N–H and O–H groups in total. The maximum atomic E-state index is 13.2. The van der Waals surface area contributed by atoms with E-state index < -0.39 is 35.1 Å². The summed E-state index contributed by atoms with van der Waals surface area (Å²) in [6.07, 6.45) is 0. The SMILES string of the molecule is NC(=O)C(=O)N(Cc1cc(F)cc(F)c1)Cc1cc(F)cc(F)c1. The molecule has 0 unspecified atom stereocenters. The number of hydrogen-bond donors (Lipinski definition) is 1.